The molecule has 2 aromatic heterocycles. The summed E-state index contributed by atoms with van der Waals surface area (Å²) in [6, 6.07) is 10.1. The minimum Gasteiger partial charge on any atom is -0.493 e. The number of para-hydroxylation sites is 1. The van der Waals surface area contributed by atoms with E-state index in [4.69, 9.17) is 9.72 Å². The van der Waals surface area contributed by atoms with Gasteiger partial charge in [-0.1, -0.05) is 38.1 Å². The quantitative estimate of drug-likeness (QED) is 0.515. The Bertz CT molecular complexity index is 1170. The zero-order valence-electron chi connectivity index (χ0n) is 17.8. The van der Waals surface area contributed by atoms with Crippen LogP contribution < -0.4 is 10.1 Å². The largest absolute Gasteiger partial charge is 0.493 e. The highest BCUT2D eigenvalue weighted by Crippen LogP contribution is 2.41. The van der Waals surface area contributed by atoms with Crippen molar-refractivity contribution in [3.63, 3.8) is 0 Å². The molecule has 160 valence electrons. The maximum absolute atomic E-state index is 13.5. The molecule has 1 atom stereocenters. The Labute approximate surface area is 191 Å². The molecule has 3 aromatic rings. The fraction of sp³-hybridized carbons (Fsp3) is 0.360. The van der Waals surface area contributed by atoms with Crippen molar-refractivity contribution < 1.29 is 9.53 Å². The second-order valence-corrected chi connectivity index (χ2v) is 10.5. The lowest BCUT2D eigenvalue weighted by molar-refractivity contribution is 0.0928. The number of carbonyl (C=O) groups excluding carboxylic acids is 1. The van der Waals surface area contributed by atoms with Crippen LogP contribution in [0.15, 0.2) is 42.6 Å². The summed E-state index contributed by atoms with van der Waals surface area (Å²) in [4.78, 5) is 19.0. The monoisotopic (exact) mass is 450 g/mol. The summed E-state index contributed by atoms with van der Waals surface area (Å²) in [5.74, 6) is 3.28. The third-order valence-electron chi connectivity index (χ3n) is 5.97. The highest BCUT2D eigenvalue weighted by Gasteiger charge is 2.28. The number of fused-ring (bicyclic) bond motifs is 2. The van der Waals surface area contributed by atoms with E-state index in [0.717, 1.165) is 56.3 Å². The Kier molecular flexibility index (Phi) is 5.76. The van der Waals surface area contributed by atoms with Gasteiger partial charge < -0.3 is 10.1 Å². The van der Waals surface area contributed by atoms with E-state index in [1.54, 1.807) is 11.3 Å². The van der Waals surface area contributed by atoms with Crippen molar-refractivity contribution in [2.24, 2.45) is 0 Å². The summed E-state index contributed by atoms with van der Waals surface area (Å²) < 4.78 is 6.91. The van der Waals surface area contributed by atoms with E-state index in [2.05, 4.69) is 31.3 Å². The van der Waals surface area contributed by atoms with Gasteiger partial charge >= 0.3 is 0 Å². The van der Waals surface area contributed by atoms with Gasteiger partial charge in [-0.15, -0.1) is 11.3 Å². The lowest BCUT2D eigenvalue weighted by Gasteiger charge is -2.26. The van der Waals surface area contributed by atoms with Crippen molar-refractivity contribution in [1.82, 2.24) is 10.3 Å². The molecule has 0 bridgehead atoms. The summed E-state index contributed by atoms with van der Waals surface area (Å²) in [6.45, 7) is 4.91. The Hall–Kier alpha value is -2.31. The van der Waals surface area contributed by atoms with Crippen LogP contribution in [0.3, 0.4) is 0 Å². The predicted octanol–water partition coefficient (Wildman–Crippen LogP) is 6.19. The van der Waals surface area contributed by atoms with E-state index in [0.29, 0.717) is 6.61 Å². The van der Waals surface area contributed by atoms with Crippen molar-refractivity contribution >= 4 is 44.8 Å². The van der Waals surface area contributed by atoms with Gasteiger partial charge in [-0.05, 0) is 41.4 Å². The molecular formula is C25H26N2O2S2. The number of amides is 1. The van der Waals surface area contributed by atoms with Gasteiger partial charge in [0.05, 0.1) is 27.7 Å². The van der Waals surface area contributed by atoms with Gasteiger partial charge in [0.25, 0.3) is 5.91 Å². The molecule has 1 amide bonds. The number of nitrogens with one attached hydrogen (secondary N) is 1. The van der Waals surface area contributed by atoms with Crippen molar-refractivity contribution in [2.45, 2.75) is 38.6 Å². The molecule has 0 saturated carbocycles. The maximum Gasteiger partial charge on any atom is 0.262 e. The number of aromatic nitrogens is 1. The fourth-order valence-corrected chi connectivity index (χ4v) is 6.67. The number of pyridine rings is 1. The van der Waals surface area contributed by atoms with Gasteiger partial charge in [-0.3, -0.25) is 9.78 Å². The zero-order chi connectivity index (χ0) is 21.4. The summed E-state index contributed by atoms with van der Waals surface area (Å²) in [5.41, 5.74) is 5.72. The smallest absolute Gasteiger partial charge is 0.262 e. The summed E-state index contributed by atoms with van der Waals surface area (Å²) in [5, 5.41) is 3.29. The van der Waals surface area contributed by atoms with Gasteiger partial charge in [0.1, 0.15) is 5.75 Å². The zero-order valence-corrected chi connectivity index (χ0v) is 19.4. The molecule has 0 aliphatic carbocycles. The number of benzene rings is 1. The molecule has 0 unspecified atom stereocenters. The second-order valence-electron chi connectivity index (χ2n) is 8.29. The average Bonchev–Trinajstić information content (AvgIpc) is 3.20. The number of allylic oxidation sites excluding steroid dienone is 1. The third-order valence-corrected chi connectivity index (χ3v) is 8.09. The third kappa shape index (κ3) is 3.87. The Balaban J connectivity index is 1.54. The first kappa shape index (κ1) is 20.6. The van der Waals surface area contributed by atoms with Crippen LogP contribution in [0.1, 0.15) is 65.0 Å². The van der Waals surface area contributed by atoms with Gasteiger partial charge in [-0.2, -0.15) is 11.8 Å². The fourth-order valence-electron chi connectivity index (χ4n) is 4.45. The lowest BCUT2D eigenvalue weighted by Crippen LogP contribution is -2.32. The first-order chi connectivity index (χ1) is 15.1. The molecule has 0 spiro atoms. The summed E-state index contributed by atoms with van der Waals surface area (Å²) >= 11 is 3.56. The maximum atomic E-state index is 13.5. The van der Waals surface area contributed by atoms with Gasteiger partial charge in [0.15, 0.2) is 0 Å². The normalized spacial score (nSPS) is 18.4. The van der Waals surface area contributed by atoms with Gasteiger partial charge in [0.2, 0.25) is 0 Å². The van der Waals surface area contributed by atoms with Gasteiger partial charge in [0, 0.05) is 29.5 Å². The summed E-state index contributed by atoms with van der Waals surface area (Å²) in [7, 11) is 0. The van der Waals surface area contributed by atoms with Crippen LogP contribution in [0.4, 0.5) is 0 Å². The molecule has 1 N–H and O–H groups in total. The van der Waals surface area contributed by atoms with Crippen LogP contribution in [-0.4, -0.2) is 29.0 Å². The van der Waals surface area contributed by atoms with Crippen LogP contribution >= 0.6 is 23.1 Å². The van der Waals surface area contributed by atoms with Crippen LogP contribution in [0.2, 0.25) is 0 Å². The number of thiophene rings is 1. The molecule has 5 rings (SSSR count). The minimum atomic E-state index is -0.0341. The molecular weight excluding hydrogens is 424 g/mol. The lowest BCUT2D eigenvalue weighted by atomic mass is 9.98. The molecule has 31 heavy (non-hydrogen) atoms. The van der Waals surface area contributed by atoms with E-state index < -0.39 is 0 Å². The minimum absolute atomic E-state index is 0.00691. The highest BCUT2D eigenvalue weighted by atomic mass is 32.2. The van der Waals surface area contributed by atoms with E-state index in [1.807, 2.05) is 42.2 Å². The Morgan fingerprint density at radius 3 is 2.94 bits per heavy atom. The van der Waals surface area contributed by atoms with Crippen molar-refractivity contribution in [3.8, 4) is 5.75 Å². The average molecular weight is 451 g/mol. The van der Waals surface area contributed by atoms with Crippen molar-refractivity contribution in [3.05, 3.63) is 64.2 Å². The number of carbonyl (C=O) groups is 1. The number of ether oxygens (including phenoxy) is 1. The molecule has 0 saturated heterocycles. The van der Waals surface area contributed by atoms with Crippen molar-refractivity contribution in [1.29, 1.82) is 0 Å². The standard InChI is InChI=1S/C25H26N2O2S2/c1-15(2)21-22-23(17(7-11-26-22)16-9-13-30-14-10-16)31-24(21)25(28)27-19-8-12-29-20-6-4-3-5-18(19)20/h3-7,9,11,15,19H,8,10,12-14H2,1-2H3,(H,27,28)/t19-/m0/s1. The molecule has 1 aromatic carbocycles. The van der Waals surface area contributed by atoms with Gasteiger partial charge in [-0.25, -0.2) is 0 Å². The Morgan fingerprint density at radius 1 is 1.26 bits per heavy atom. The number of rotatable bonds is 4. The van der Waals surface area contributed by atoms with E-state index in [9.17, 15) is 4.79 Å². The van der Waals surface area contributed by atoms with Crippen LogP contribution in [0.5, 0.6) is 5.75 Å². The molecule has 2 aliphatic rings. The Morgan fingerprint density at radius 2 is 2.13 bits per heavy atom. The van der Waals surface area contributed by atoms with Crippen LogP contribution in [0.25, 0.3) is 15.8 Å². The molecule has 0 radical (unpaired) electrons. The summed E-state index contributed by atoms with van der Waals surface area (Å²) in [6.07, 6.45) is 6.07. The molecule has 4 heterocycles. The SMILES string of the molecule is CC(C)c1c(C(=O)N[C@H]2CCOc3ccccc32)sc2c(C3=CCSCC3)ccnc12. The van der Waals surface area contributed by atoms with Crippen LogP contribution in [-0.2, 0) is 0 Å². The van der Waals surface area contributed by atoms with E-state index in [-0.39, 0.29) is 17.9 Å². The molecule has 2 aliphatic heterocycles. The van der Waals surface area contributed by atoms with E-state index in [1.165, 1.54) is 11.1 Å². The first-order valence-corrected chi connectivity index (χ1v) is 12.8. The molecule has 6 heteroatoms. The molecule has 0 fully saturated rings. The number of thioether (sulfide) groups is 1. The van der Waals surface area contributed by atoms with Crippen molar-refractivity contribution in [2.75, 3.05) is 18.1 Å². The molecule has 4 nitrogen and oxygen atoms in total. The number of hydrogen-bond acceptors (Lipinski definition) is 5. The number of nitrogens with zero attached hydrogens (tertiary/aromatic N) is 1. The van der Waals surface area contributed by atoms with E-state index >= 15 is 0 Å². The highest BCUT2D eigenvalue weighted by molar-refractivity contribution is 7.99. The number of hydrogen-bond donors (Lipinski definition) is 1. The first-order valence-electron chi connectivity index (χ1n) is 10.8. The predicted molar refractivity (Wildman–Crippen MR) is 130 cm³/mol. The topological polar surface area (TPSA) is 51.2 Å². The van der Waals surface area contributed by atoms with Crippen LogP contribution in [0, 0.1) is 0 Å². The second kappa shape index (κ2) is 8.67.